The highest BCUT2D eigenvalue weighted by Gasteiger charge is 2.24. The van der Waals surface area contributed by atoms with E-state index in [4.69, 9.17) is 4.74 Å². The molecule has 2 heteroatoms. The van der Waals surface area contributed by atoms with Crippen LogP contribution in [0.1, 0.15) is 44.2 Å². The molecule has 1 aromatic carbocycles. The Labute approximate surface area is 117 Å². The summed E-state index contributed by atoms with van der Waals surface area (Å²) in [4.78, 5) is 0. The molecular weight excluding hydrogens is 234 g/mol. The van der Waals surface area contributed by atoms with E-state index in [1.54, 1.807) is 7.11 Å². The summed E-state index contributed by atoms with van der Waals surface area (Å²) in [5.74, 6) is 1.71. The van der Waals surface area contributed by atoms with Gasteiger partial charge in [0, 0.05) is 19.7 Å². The fourth-order valence-corrected chi connectivity index (χ4v) is 3.14. The van der Waals surface area contributed by atoms with Crippen LogP contribution in [0.5, 0.6) is 0 Å². The third-order valence-electron chi connectivity index (χ3n) is 4.33. The Balaban J connectivity index is 1.81. The summed E-state index contributed by atoms with van der Waals surface area (Å²) in [5, 5.41) is 3.73. The molecule has 19 heavy (non-hydrogen) atoms. The molecule has 0 radical (unpaired) electrons. The molecule has 106 valence electrons. The number of hydrogen-bond acceptors (Lipinski definition) is 2. The summed E-state index contributed by atoms with van der Waals surface area (Å²) >= 11 is 0. The van der Waals surface area contributed by atoms with Crippen molar-refractivity contribution in [1.29, 1.82) is 0 Å². The van der Waals surface area contributed by atoms with E-state index in [2.05, 4.69) is 43.4 Å². The van der Waals surface area contributed by atoms with Gasteiger partial charge in [0.25, 0.3) is 0 Å². The van der Waals surface area contributed by atoms with E-state index in [0.717, 1.165) is 18.4 Å². The van der Waals surface area contributed by atoms with Crippen molar-refractivity contribution >= 4 is 0 Å². The molecule has 0 spiro atoms. The summed E-state index contributed by atoms with van der Waals surface area (Å²) in [6, 6.07) is 9.42. The number of benzene rings is 1. The molecule has 0 amide bonds. The predicted octanol–water partition coefficient (Wildman–Crippen LogP) is 3.75. The first-order valence-corrected chi connectivity index (χ1v) is 7.49. The number of nitrogens with one attached hydrogen (secondary N) is 1. The normalized spacial score (nSPS) is 27.4. The van der Waals surface area contributed by atoms with Crippen molar-refractivity contribution < 1.29 is 4.74 Å². The van der Waals surface area contributed by atoms with Gasteiger partial charge in [-0.3, -0.25) is 0 Å². The predicted molar refractivity (Wildman–Crippen MR) is 80.0 cm³/mol. The minimum Gasteiger partial charge on any atom is -0.380 e. The van der Waals surface area contributed by atoms with Crippen LogP contribution >= 0.6 is 0 Å². The second kappa shape index (κ2) is 7.06. The van der Waals surface area contributed by atoms with Crippen LogP contribution in [0.25, 0.3) is 0 Å². The summed E-state index contributed by atoms with van der Waals surface area (Å²) in [6.45, 7) is 6.44. The SMILES string of the molecule is COCc1ccc(CNC2CCC(C)CC2C)cc1. The van der Waals surface area contributed by atoms with E-state index >= 15 is 0 Å². The highest BCUT2D eigenvalue weighted by Crippen LogP contribution is 2.28. The van der Waals surface area contributed by atoms with E-state index in [-0.39, 0.29) is 0 Å². The maximum atomic E-state index is 5.13. The van der Waals surface area contributed by atoms with Gasteiger partial charge in [0.15, 0.2) is 0 Å². The molecule has 1 N–H and O–H groups in total. The van der Waals surface area contributed by atoms with E-state index in [1.165, 1.54) is 30.4 Å². The molecule has 1 fully saturated rings. The molecule has 3 atom stereocenters. The highest BCUT2D eigenvalue weighted by molar-refractivity contribution is 5.22. The molecule has 0 bridgehead atoms. The van der Waals surface area contributed by atoms with Crippen LogP contribution in [0.15, 0.2) is 24.3 Å². The van der Waals surface area contributed by atoms with Crippen molar-refractivity contribution in [1.82, 2.24) is 5.32 Å². The van der Waals surface area contributed by atoms with Gasteiger partial charge in [0.05, 0.1) is 6.61 Å². The van der Waals surface area contributed by atoms with Crippen LogP contribution in [0.4, 0.5) is 0 Å². The van der Waals surface area contributed by atoms with Crippen LogP contribution in [0.2, 0.25) is 0 Å². The van der Waals surface area contributed by atoms with Gasteiger partial charge < -0.3 is 10.1 Å². The number of hydrogen-bond donors (Lipinski definition) is 1. The standard InChI is InChI=1S/C17H27NO/c1-13-4-9-17(14(2)10-13)18-11-15-5-7-16(8-6-15)12-19-3/h5-8,13-14,17-18H,4,9-12H2,1-3H3. The number of methoxy groups -OCH3 is 1. The molecule has 1 aromatic rings. The lowest BCUT2D eigenvalue weighted by molar-refractivity contribution is 0.185. The first-order valence-electron chi connectivity index (χ1n) is 7.49. The van der Waals surface area contributed by atoms with Crippen LogP contribution in [-0.2, 0) is 17.9 Å². The van der Waals surface area contributed by atoms with Gasteiger partial charge in [-0.2, -0.15) is 0 Å². The Morgan fingerprint density at radius 1 is 1.11 bits per heavy atom. The van der Waals surface area contributed by atoms with Crippen LogP contribution in [0.3, 0.4) is 0 Å². The summed E-state index contributed by atoms with van der Waals surface area (Å²) in [7, 11) is 1.74. The Hall–Kier alpha value is -0.860. The molecule has 0 aromatic heterocycles. The minimum atomic E-state index is 0.690. The fraction of sp³-hybridized carbons (Fsp3) is 0.647. The minimum absolute atomic E-state index is 0.690. The summed E-state index contributed by atoms with van der Waals surface area (Å²) in [5.41, 5.74) is 2.61. The number of rotatable bonds is 5. The maximum absolute atomic E-state index is 5.13. The molecule has 0 saturated heterocycles. The van der Waals surface area contributed by atoms with Crippen molar-refractivity contribution in [2.24, 2.45) is 11.8 Å². The van der Waals surface area contributed by atoms with E-state index in [1.807, 2.05) is 0 Å². The van der Waals surface area contributed by atoms with Gasteiger partial charge in [-0.15, -0.1) is 0 Å². The lowest BCUT2D eigenvalue weighted by Crippen LogP contribution is -2.38. The third-order valence-corrected chi connectivity index (χ3v) is 4.33. The van der Waals surface area contributed by atoms with Crippen molar-refractivity contribution in [2.45, 2.75) is 52.3 Å². The second-order valence-corrected chi connectivity index (χ2v) is 6.13. The summed E-state index contributed by atoms with van der Waals surface area (Å²) in [6.07, 6.45) is 4.06. The molecule has 2 nitrogen and oxygen atoms in total. The van der Waals surface area contributed by atoms with Crippen molar-refractivity contribution in [3.63, 3.8) is 0 Å². The average Bonchev–Trinajstić information content (AvgIpc) is 2.40. The zero-order valence-electron chi connectivity index (χ0n) is 12.5. The first kappa shape index (κ1) is 14.5. The Morgan fingerprint density at radius 3 is 2.42 bits per heavy atom. The highest BCUT2D eigenvalue weighted by atomic mass is 16.5. The van der Waals surface area contributed by atoms with Crippen molar-refractivity contribution in [3.8, 4) is 0 Å². The quantitative estimate of drug-likeness (QED) is 0.871. The van der Waals surface area contributed by atoms with Gasteiger partial charge in [-0.25, -0.2) is 0 Å². The molecule has 3 unspecified atom stereocenters. The van der Waals surface area contributed by atoms with Gasteiger partial charge in [0.1, 0.15) is 0 Å². The second-order valence-electron chi connectivity index (χ2n) is 6.13. The fourth-order valence-electron chi connectivity index (χ4n) is 3.14. The van der Waals surface area contributed by atoms with Gasteiger partial charge in [-0.05, 0) is 42.2 Å². The van der Waals surface area contributed by atoms with Gasteiger partial charge >= 0.3 is 0 Å². The van der Waals surface area contributed by atoms with Crippen LogP contribution in [0, 0.1) is 11.8 Å². The van der Waals surface area contributed by atoms with E-state index in [9.17, 15) is 0 Å². The van der Waals surface area contributed by atoms with Crippen LogP contribution < -0.4 is 5.32 Å². The largest absolute Gasteiger partial charge is 0.380 e. The Morgan fingerprint density at radius 2 is 1.79 bits per heavy atom. The average molecular weight is 261 g/mol. The zero-order chi connectivity index (χ0) is 13.7. The van der Waals surface area contributed by atoms with Crippen molar-refractivity contribution in [3.05, 3.63) is 35.4 Å². The summed E-state index contributed by atoms with van der Waals surface area (Å²) < 4.78 is 5.13. The smallest absolute Gasteiger partial charge is 0.0713 e. The Kier molecular flexibility index (Phi) is 5.41. The molecule has 2 rings (SSSR count). The molecule has 1 saturated carbocycles. The van der Waals surface area contributed by atoms with Crippen LogP contribution in [-0.4, -0.2) is 13.2 Å². The Bertz CT molecular complexity index is 373. The zero-order valence-corrected chi connectivity index (χ0v) is 12.5. The maximum Gasteiger partial charge on any atom is 0.0713 e. The van der Waals surface area contributed by atoms with Crippen molar-refractivity contribution in [2.75, 3.05) is 7.11 Å². The van der Waals surface area contributed by atoms with E-state index in [0.29, 0.717) is 12.6 Å². The van der Waals surface area contributed by atoms with Gasteiger partial charge in [0.2, 0.25) is 0 Å². The molecule has 0 heterocycles. The molecule has 1 aliphatic rings. The van der Waals surface area contributed by atoms with E-state index < -0.39 is 0 Å². The monoisotopic (exact) mass is 261 g/mol. The number of ether oxygens (including phenoxy) is 1. The topological polar surface area (TPSA) is 21.3 Å². The molecule has 1 aliphatic carbocycles. The lowest BCUT2D eigenvalue weighted by atomic mass is 9.80. The first-order chi connectivity index (χ1) is 9.19. The third kappa shape index (κ3) is 4.32. The van der Waals surface area contributed by atoms with Gasteiger partial charge in [-0.1, -0.05) is 38.1 Å². The molecular formula is C17H27NO. The molecule has 0 aliphatic heterocycles. The lowest BCUT2D eigenvalue weighted by Gasteiger charge is -2.33.